The molecule has 0 saturated carbocycles. The molecule has 1 heterocycles. The molecule has 1 saturated heterocycles. The Kier molecular flexibility index (Phi) is 1.98. The number of aryl methyl sites for hydroxylation is 1. The summed E-state index contributed by atoms with van der Waals surface area (Å²) in [6.45, 7) is 1.94. The molecule has 1 fully saturated rings. The summed E-state index contributed by atoms with van der Waals surface area (Å²) >= 11 is 0. The molecule has 0 bridgehead atoms. The average Bonchev–Trinajstić information content (AvgIpc) is 2.83. The number of methoxy groups -OCH3 is 1. The number of aromatic hydroxyl groups is 1. The first kappa shape index (κ1) is 8.53. The van der Waals surface area contributed by atoms with Crippen LogP contribution in [0.5, 0.6) is 5.75 Å². The van der Waals surface area contributed by atoms with Gasteiger partial charge in [-0.3, -0.25) is 0 Å². The van der Waals surface area contributed by atoms with Crippen molar-refractivity contribution in [1.29, 1.82) is 0 Å². The molecular formula is C10H12O3. The van der Waals surface area contributed by atoms with Gasteiger partial charge in [0.25, 0.3) is 0 Å². The summed E-state index contributed by atoms with van der Waals surface area (Å²) < 4.78 is 10.2. The van der Waals surface area contributed by atoms with E-state index < -0.39 is 0 Å². The third-order valence-corrected chi connectivity index (χ3v) is 2.18. The molecule has 3 nitrogen and oxygen atoms in total. The van der Waals surface area contributed by atoms with Crippen LogP contribution in [0.2, 0.25) is 0 Å². The van der Waals surface area contributed by atoms with E-state index in [1.165, 1.54) is 0 Å². The fourth-order valence-corrected chi connectivity index (χ4v) is 1.39. The number of epoxide rings is 1. The van der Waals surface area contributed by atoms with Gasteiger partial charge in [0, 0.05) is 12.7 Å². The molecule has 70 valence electrons. The van der Waals surface area contributed by atoms with Crippen molar-refractivity contribution in [2.24, 2.45) is 0 Å². The molecule has 0 amide bonds. The quantitative estimate of drug-likeness (QED) is 0.705. The van der Waals surface area contributed by atoms with Gasteiger partial charge in [-0.2, -0.15) is 0 Å². The molecule has 1 aromatic rings. The molecule has 2 atom stereocenters. The number of hydrogen-bond donors (Lipinski definition) is 1. The van der Waals surface area contributed by atoms with Crippen LogP contribution in [-0.4, -0.2) is 18.5 Å². The van der Waals surface area contributed by atoms with Gasteiger partial charge in [0.2, 0.25) is 0 Å². The summed E-state index contributed by atoms with van der Waals surface area (Å²) in [6.07, 6.45) is -0.279. The van der Waals surface area contributed by atoms with Crippen LogP contribution in [0.3, 0.4) is 0 Å². The first-order valence-corrected chi connectivity index (χ1v) is 4.20. The highest BCUT2D eigenvalue weighted by molar-refractivity contribution is 5.39. The van der Waals surface area contributed by atoms with E-state index in [2.05, 4.69) is 0 Å². The maximum atomic E-state index is 9.58. The van der Waals surface area contributed by atoms with Crippen LogP contribution in [0.1, 0.15) is 17.2 Å². The Morgan fingerprint density at radius 3 is 2.77 bits per heavy atom. The second kappa shape index (κ2) is 3.01. The Hall–Kier alpha value is -1.06. The monoisotopic (exact) mass is 180 g/mol. The van der Waals surface area contributed by atoms with Crippen molar-refractivity contribution in [1.82, 2.24) is 0 Å². The molecule has 2 rings (SSSR count). The Bertz CT molecular complexity index is 322. The van der Waals surface area contributed by atoms with Gasteiger partial charge in [-0.25, -0.2) is 0 Å². The second-order valence-corrected chi connectivity index (χ2v) is 3.22. The fourth-order valence-electron chi connectivity index (χ4n) is 1.39. The topological polar surface area (TPSA) is 42.0 Å². The number of phenols is 1. The van der Waals surface area contributed by atoms with Crippen LogP contribution in [0.25, 0.3) is 0 Å². The van der Waals surface area contributed by atoms with Crippen molar-refractivity contribution in [3.63, 3.8) is 0 Å². The van der Waals surface area contributed by atoms with E-state index in [-0.39, 0.29) is 18.1 Å². The van der Waals surface area contributed by atoms with Gasteiger partial charge in [0.1, 0.15) is 11.9 Å². The minimum atomic E-state index is -0.186. The van der Waals surface area contributed by atoms with Crippen LogP contribution < -0.4 is 0 Å². The zero-order valence-corrected chi connectivity index (χ0v) is 7.65. The highest BCUT2D eigenvalue weighted by Crippen LogP contribution is 2.42. The zero-order valence-electron chi connectivity index (χ0n) is 7.65. The van der Waals surface area contributed by atoms with E-state index >= 15 is 0 Å². The van der Waals surface area contributed by atoms with E-state index in [9.17, 15) is 5.11 Å². The van der Waals surface area contributed by atoms with Gasteiger partial charge < -0.3 is 14.6 Å². The third-order valence-electron chi connectivity index (χ3n) is 2.18. The predicted octanol–water partition coefficient (Wildman–Crippen LogP) is 1.74. The lowest BCUT2D eigenvalue weighted by Crippen LogP contribution is -1.91. The Labute approximate surface area is 76.9 Å². The Balaban J connectivity index is 2.22. The van der Waals surface area contributed by atoms with Gasteiger partial charge in [0.15, 0.2) is 6.29 Å². The van der Waals surface area contributed by atoms with E-state index in [0.717, 1.165) is 11.1 Å². The van der Waals surface area contributed by atoms with Crippen molar-refractivity contribution in [2.75, 3.05) is 7.11 Å². The van der Waals surface area contributed by atoms with Crippen LogP contribution in [0, 0.1) is 6.92 Å². The molecule has 1 aliphatic heterocycles. The first-order chi connectivity index (χ1) is 6.22. The maximum Gasteiger partial charge on any atom is 0.188 e. The largest absolute Gasteiger partial charge is 0.508 e. The lowest BCUT2D eigenvalue weighted by Gasteiger charge is -2.01. The van der Waals surface area contributed by atoms with Gasteiger partial charge >= 0.3 is 0 Å². The SMILES string of the molecule is COC1OC1c1ccc(C)cc1O. The minimum absolute atomic E-state index is 0.0920. The van der Waals surface area contributed by atoms with Crippen molar-refractivity contribution >= 4 is 0 Å². The predicted molar refractivity (Wildman–Crippen MR) is 47.5 cm³/mol. The maximum absolute atomic E-state index is 9.58. The molecule has 0 spiro atoms. The van der Waals surface area contributed by atoms with Crippen molar-refractivity contribution in [3.8, 4) is 5.75 Å². The van der Waals surface area contributed by atoms with Crippen LogP contribution in [0.15, 0.2) is 18.2 Å². The summed E-state index contributed by atoms with van der Waals surface area (Å²) in [5.74, 6) is 0.282. The molecule has 0 aromatic heterocycles. The smallest absolute Gasteiger partial charge is 0.188 e. The minimum Gasteiger partial charge on any atom is -0.508 e. The van der Waals surface area contributed by atoms with Crippen molar-refractivity contribution in [2.45, 2.75) is 19.3 Å². The van der Waals surface area contributed by atoms with Crippen LogP contribution in [-0.2, 0) is 9.47 Å². The van der Waals surface area contributed by atoms with E-state index in [4.69, 9.17) is 9.47 Å². The Morgan fingerprint density at radius 2 is 2.23 bits per heavy atom. The average molecular weight is 180 g/mol. The standard InChI is InChI=1S/C10H12O3/c1-6-3-4-7(8(11)5-6)9-10(12-2)13-9/h3-5,9-11H,1-2H3. The second-order valence-electron chi connectivity index (χ2n) is 3.22. The highest BCUT2D eigenvalue weighted by atomic mass is 16.8. The van der Waals surface area contributed by atoms with E-state index in [0.29, 0.717) is 0 Å². The molecule has 1 N–H and O–H groups in total. The van der Waals surface area contributed by atoms with Crippen LogP contribution in [0.4, 0.5) is 0 Å². The molecule has 0 aliphatic carbocycles. The summed E-state index contributed by atoms with van der Waals surface area (Å²) in [5.41, 5.74) is 1.84. The number of ether oxygens (including phenoxy) is 2. The number of benzene rings is 1. The molecule has 3 heteroatoms. The lowest BCUT2D eigenvalue weighted by atomic mass is 10.1. The third kappa shape index (κ3) is 1.53. The summed E-state index contributed by atoms with van der Waals surface area (Å²) in [5, 5.41) is 9.58. The molecule has 0 radical (unpaired) electrons. The number of phenolic OH excluding ortho intramolecular Hbond substituents is 1. The summed E-state index contributed by atoms with van der Waals surface area (Å²) in [4.78, 5) is 0. The van der Waals surface area contributed by atoms with Gasteiger partial charge in [-0.1, -0.05) is 12.1 Å². The molecular weight excluding hydrogens is 168 g/mol. The van der Waals surface area contributed by atoms with Gasteiger partial charge in [0.05, 0.1) is 0 Å². The molecule has 13 heavy (non-hydrogen) atoms. The highest BCUT2D eigenvalue weighted by Gasteiger charge is 2.42. The van der Waals surface area contributed by atoms with Crippen LogP contribution >= 0.6 is 0 Å². The molecule has 1 aliphatic rings. The lowest BCUT2D eigenvalue weighted by molar-refractivity contribution is 0.0950. The van der Waals surface area contributed by atoms with Gasteiger partial charge in [-0.15, -0.1) is 0 Å². The molecule has 2 unspecified atom stereocenters. The summed E-state index contributed by atoms with van der Waals surface area (Å²) in [6, 6.07) is 5.54. The molecule has 1 aromatic carbocycles. The number of hydrogen-bond acceptors (Lipinski definition) is 3. The van der Waals surface area contributed by atoms with E-state index in [1.54, 1.807) is 13.2 Å². The van der Waals surface area contributed by atoms with E-state index in [1.807, 2.05) is 19.1 Å². The summed E-state index contributed by atoms with van der Waals surface area (Å²) in [7, 11) is 1.59. The normalized spacial score (nSPS) is 26.0. The van der Waals surface area contributed by atoms with Crippen molar-refractivity contribution in [3.05, 3.63) is 29.3 Å². The first-order valence-electron chi connectivity index (χ1n) is 4.20. The Morgan fingerprint density at radius 1 is 1.46 bits per heavy atom. The van der Waals surface area contributed by atoms with Crippen molar-refractivity contribution < 1.29 is 14.6 Å². The fraction of sp³-hybridized carbons (Fsp3) is 0.400. The zero-order chi connectivity index (χ0) is 9.42. The van der Waals surface area contributed by atoms with Gasteiger partial charge in [-0.05, 0) is 18.6 Å². The number of rotatable bonds is 2.